The number of nitrogens with zero attached hydrogens (tertiary/aromatic N) is 3. The fourth-order valence-electron chi connectivity index (χ4n) is 3.37. The highest BCUT2D eigenvalue weighted by Crippen LogP contribution is 2.26. The minimum Gasteiger partial charge on any atom is -0.357 e. The molecule has 9 heteroatoms. The van der Waals surface area contributed by atoms with Crippen molar-refractivity contribution < 1.29 is 18.0 Å². The van der Waals surface area contributed by atoms with Crippen LogP contribution in [0.25, 0.3) is 0 Å². The fourth-order valence-corrected chi connectivity index (χ4v) is 4.48. The molecule has 8 nitrogen and oxygen atoms in total. The molecule has 2 aromatic rings. The van der Waals surface area contributed by atoms with E-state index in [-0.39, 0.29) is 12.5 Å². The van der Waals surface area contributed by atoms with Gasteiger partial charge in [0.1, 0.15) is 12.6 Å². The smallest absolute Gasteiger partial charge is 0.304 e. The normalized spacial score (nSPS) is 12.4. The first-order valence-electron chi connectivity index (χ1n) is 10.7. The van der Waals surface area contributed by atoms with Gasteiger partial charge in [0, 0.05) is 27.7 Å². The van der Waals surface area contributed by atoms with Crippen LogP contribution in [0.2, 0.25) is 0 Å². The summed E-state index contributed by atoms with van der Waals surface area (Å²) in [6, 6.07) is 12.3. The summed E-state index contributed by atoms with van der Waals surface area (Å²) in [5, 5.41) is 2.57. The van der Waals surface area contributed by atoms with E-state index in [1.807, 2.05) is 50.2 Å². The van der Waals surface area contributed by atoms with Crippen molar-refractivity contribution in [2.24, 2.45) is 0 Å². The average molecular weight is 475 g/mol. The van der Waals surface area contributed by atoms with Crippen LogP contribution in [-0.2, 0) is 26.3 Å². The minimum absolute atomic E-state index is 0.177. The predicted octanol–water partition coefficient (Wildman–Crippen LogP) is 2.39. The molecule has 0 heterocycles. The zero-order chi connectivity index (χ0) is 24.9. The van der Waals surface area contributed by atoms with Crippen molar-refractivity contribution in [3.8, 4) is 0 Å². The summed E-state index contributed by atoms with van der Waals surface area (Å²) in [5.41, 5.74) is 3.95. The SMILES string of the molecule is CNC(=O)[C@H](C)N(Cc1ccc(C)cc1)C(=O)CN(c1cc(C)ccc1C)S(=O)(=O)N(C)C. The summed E-state index contributed by atoms with van der Waals surface area (Å²) in [7, 11) is 0.386. The highest BCUT2D eigenvalue weighted by Gasteiger charge is 2.33. The summed E-state index contributed by atoms with van der Waals surface area (Å²) in [5.74, 6) is -0.803. The minimum atomic E-state index is -3.97. The predicted molar refractivity (Wildman–Crippen MR) is 131 cm³/mol. The monoisotopic (exact) mass is 474 g/mol. The third-order valence-corrected chi connectivity index (χ3v) is 7.35. The molecular formula is C24H34N4O4S. The number of carbonyl (C=O) groups excluding carboxylic acids is 2. The van der Waals surface area contributed by atoms with Crippen LogP contribution >= 0.6 is 0 Å². The van der Waals surface area contributed by atoms with Crippen LogP contribution in [0.5, 0.6) is 0 Å². The Morgan fingerprint density at radius 1 is 0.970 bits per heavy atom. The van der Waals surface area contributed by atoms with Gasteiger partial charge in [-0.2, -0.15) is 12.7 Å². The van der Waals surface area contributed by atoms with Gasteiger partial charge in [-0.15, -0.1) is 0 Å². The lowest BCUT2D eigenvalue weighted by Crippen LogP contribution is -2.52. The Kier molecular flexibility index (Phi) is 8.63. The Balaban J connectivity index is 2.49. The third kappa shape index (κ3) is 6.33. The van der Waals surface area contributed by atoms with Gasteiger partial charge in [0.05, 0.1) is 5.69 Å². The lowest BCUT2D eigenvalue weighted by molar-refractivity contribution is -0.139. The van der Waals surface area contributed by atoms with E-state index in [2.05, 4.69) is 5.32 Å². The fraction of sp³-hybridized carbons (Fsp3) is 0.417. The van der Waals surface area contributed by atoms with Crippen molar-refractivity contribution in [3.63, 3.8) is 0 Å². The van der Waals surface area contributed by atoms with Crippen molar-refractivity contribution in [1.82, 2.24) is 14.5 Å². The second kappa shape index (κ2) is 10.8. The molecular weight excluding hydrogens is 440 g/mol. The van der Waals surface area contributed by atoms with Crippen LogP contribution < -0.4 is 9.62 Å². The van der Waals surface area contributed by atoms with E-state index in [0.29, 0.717) is 5.69 Å². The molecule has 0 saturated heterocycles. The number of amides is 2. The zero-order valence-electron chi connectivity index (χ0n) is 20.4. The molecule has 0 saturated carbocycles. The summed E-state index contributed by atoms with van der Waals surface area (Å²) in [6.45, 7) is 7.01. The number of anilines is 1. The molecule has 2 rings (SSSR count). The standard InChI is InChI=1S/C24H34N4O4S/c1-17-9-12-21(13-10-17)15-27(20(4)24(30)25-5)23(29)16-28(33(31,32)26(6)7)22-14-18(2)8-11-19(22)3/h8-14,20H,15-16H2,1-7H3,(H,25,30)/t20-/m0/s1. The van der Waals surface area contributed by atoms with Gasteiger partial charge in [-0.3, -0.25) is 9.59 Å². The van der Waals surface area contributed by atoms with E-state index >= 15 is 0 Å². The first-order chi connectivity index (χ1) is 15.4. The average Bonchev–Trinajstić information content (AvgIpc) is 2.77. The third-order valence-electron chi connectivity index (χ3n) is 5.54. The highest BCUT2D eigenvalue weighted by atomic mass is 32.2. The Bertz CT molecular complexity index is 1100. The molecule has 0 bridgehead atoms. The highest BCUT2D eigenvalue weighted by molar-refractivity contribution is 7.90. The van der Waals surface area contributed by atoms with Crippen molar-refractivity contribution in [1.29, 1.82) is 0 Å². The Labute approximate surface area is 197 Å². The van der Waals surface area contributed by atoms with E-state index in [0.717, 1.165) is 30.9 Å². The number of hydrogen-bond donors (Lipinski definition) is 1. The van der Waals surface area contributed by atoms with E-state index in [1.54, 1.807) is 19.9 Å². The number of nitrogens with one attached hydrogen (secondary N) is 1. The van der Waals surface area contributed by atoms with E-state index in [1.165, 1.54) is 26.0 Å². The topological polar surface area (TPSA) is 90.0 Å². The molecule has 0 aromatic heterocycles. The molecule has 0 unspecified atom stereocenters. The van der Waals surface area contributed by atoms with Crippen molar-refractivity contribution >= 4 is 27.7 Å². The number of aryl methyl sites for hydroxylation is 3. The second-order valence-corrected chi connectivity index (χ2v) is 10.5. The number of benzene rings is 2. The van der Waals surface area contributed by atoms with Crippen molar-refractivity contribution in [2.75, 3.05) is 32.0 Å². The molecule has 0 aliphatic heterocycles. The van der Waals surface area contributed by atoms with Gasteiger partial charge in [-0.1, -0.05) is 42.0 Å². The summed E-state index contributed by atoms with van der Waals surface area (Å²) in [4.78, 5) is 27.4. The summed E-state index contributed by atoms with van der Waals surface area (Å²) < 4.78 is 28.6. The molecule has 33 heavy (non-hydrogen) atoms. The molecule has 180 valence electrons. The molecule has 2 amide bonds. The Hall–Kier alpha value is -2.91. The number of likely N-dealkylation sites (N-methyl/N-ethyl adjacent to an activating group) is 1. The van der Waals surface area contributed by atoms with Gasteiger partial charge in [0.25, 0.3) is 0 Å². The van der Waals surface area contributed by atoms with Gasteiger partial charge in [-0.05, 0) is 50.5 Å². The zero-order valence-corrected chi connectivity index (χ0v) is 21.2. The maximum Gasteiger partial charge on any atom is 0.304 e. The lowest BCUT2D eigenvalue weighted by atomic mass is 10.1. The van der Waals surface area contributed by atoms with Crippen LogP contribution in [0.4, 0.5) is 5.69 Å². The first kappa shape index (κ1) is 26.3. The molecule has 0 radical (unpaired) electrons. The van der Waals surface area contributed by atoms with Crippen LogP contribution in [0.15, 0.2) is 42.5 Å². The Morgan fingerprint density at radius 3 is 2.09 bits per heavy atom. The summed E-state index contributed by atoms with van der Waals surface area (Å²) >= 11 is 0. The van der Waals surface area contributed by atoms with Gasteiger partial charge in [0.15, 0.2) is 0 Å². The van der Waals surface area contributed by atoms with Crippen LogP contribution in [0, 0.1) is 20.8 Å². The largest absolute Gasteiger partial charge is 0.357 e. The quantitative estimate of drug-likeness (QED) is 0.604. The van der Waals surface area contributed by atoms with E-state index in [9.17, 15) is 18.0 Å². The van der Waals surface area contributed by atoms with Gasteiger partial charge >= 0.3 is 10.2 Å². The number of rotatable bonds is 9. The van der Waals surface area contributed by atoms with Gasteiger partial charge in [-0.25, -0.2) is 4.31 Å². The second-order valence-electron chi connectivity index (χ2n) is 8.38. The first-order valence-corrected chi connectivity index (χ1v) is 12.1. The molecule has 0 spiro atoms. The molecule has 1 N–H and O–H groups in total. The van der Waals surface area contributed by atoms with Gasteiger partial charge < -0.3 is 10.2 Å². The molecule has 0 aliphatic carbocycles. The lowest BCUT2D eigenvalue weighted by Gasteiger charge is -2.33. The maximum absolute atomic E-state index is 13.5. The number of hydrogen-bond acceptors (Lipinski definition) is 4. The molecule has 2 aromatic carbocycles. The van der Waals surface area contributed by atoms with Crippen molar-refractivity contribution in [2.45, 2.75) is 40.3 Å². The van der Waals surface area contributed by atoms with Crippen molar-refractivity contribution in [3.05, 3.63) is 64.7 Å². The van der Waals surface area contributed by atoms with Crippen LogP contribution in [0.1, 0.15) is 29.2 Å². The Morgan fingerprint density at radius 2 is 1.55 bits per heavy atom. The van der Waals surface area contributed by atoms with Gasteiger partial charge in [0.2, 0.25) is 11.8 Å². The molecule has 1 atom stereocenters. The van der Waals surface area contributed by atoms with E-state index < -0.39 is 28.7 Å². The summed E-state index contributed by atoms with van der Waals surface area (Å²) in [6.07, 6.45) is 0. The van der Waals surface area contributed by atoms with Crippen LogP contribution in [0.3, 0.4) is 0 Å². The molecule has 0 aliphatic rings. The molecule has 0 fully saturated rings. The number of carbonyl (C=O) groups is 2. The van der Waals surface area contributed by atoms with Crippen LogP contribution in [-0.4, -0.2) is 63.2 Å². The van der Waals surface area contributed by atoms with E-state index in [4.69, 9.17) is 0 Å². The maximum atomic E-state index is 13.5.